The lowest BCUT2D eigenvalue weighted by Gasteiger charge is -2.26. The third-order valence-corrected chi connectivity index (χ3v) is 3.85. The van der Waals surface area contributed by atoms with Gasteiger partial charge in [0.05, 0.1) is 31.1 Å². The van der Waals surface area contributed by atoms with Crippen LogP contribution in [0.15, 0.2) is 0 Å². The van der Waals surface area contributed by atoms with Gasteiger partial charge in [-0.2, -0.15) is 0 Å². The summed E-state index contributed by atoms with van der Waals surface area (Å²) in [5, 5.41) is 51.6. The van der Waals surface area contributed by atoms with E-state index in [1.54, 1.807) is 0 Å². The van der Waals surface area contributed by atoms with Crippen molar-refractivity contribution in [2.75, 3.05) is 0 Å². The van der Waals surface area contributed by atoms with Gasteiger partial charge < -0.3 is 47.2 Å². The van der Waals surface area contributed by atoms with Gasteiger partial charge in [0.15, 0.2) is 6.04 Å². The molecule has 15 nitrogen and oxygen atoms in total. The molecule has 176 valence electrons. The van der Waals surface area contributed by atoms with Crippen LogP contribution in [0.5, 0.6) is 0 Å². The van der Waals surface area contributed by atoms with Crippen LogP contribution in [0.4, 0.5) is 0 Å². The second-order valence-electron chi connectivity index (χ2n) is 6.66. The predicted octanol–water partition coefficient (Wildman–Crippen LogP) is -4.44. The summed E-state index contributed by atoms with van der Waals surface area (Å²) >= 11 is 0. The minimum atomic E-state index is -1.80. The summed E-state index contributed by atoms with van der Waals surface area (Å²) in [6.07, 6.45) is -4.90. The molecule has 0 aromatic rings. The van der Waals surface area contributed by atoms with Crippen molar-refractivity contribution in [2.24, 2.45) is 5.73 Å². The van der Waals surface area contributed by atoms with Gasteiger partial charge in [-0.05, 0) is 13.8 Å². The number of hydrogen-bond acceptors (Lipinski definition) is 9. The molecule has 0 aliphatic carbocycles. The first-order valence-electron chi connectivity index (χ1n) is 8.86. The summed E-state index contributed by atoms with van der Waals surface area (Å²) in [6, 6.07) is -6.95. The van der Waals surface area contributed by atoms with Crippen molar-refractivity contribution in [3.63, 3.8) is 0 Å². The maximum atomic E-state index is 12.4. The Bertz CT molecular complexity index is 710. The highest BCUT2D eigenvalue weighted by Crippen LogP contribution is 2.02. The van der Waals surface area contributed by atoms with Crippen LogP contribution >= 0.6 is 0 Å². The number of amides is 3. The van der Waals surface area contributed by atoms with E-state index >= 15 is 0 Å². The number of aliphatic hydroxyl groups excluding tert-OH is 2. The van der Waals surface area contributed by atoms with Crippen LogP contribution in [-0.2, 0) is 28.8 Å². The van der Waals surface area contributed by atoms with Crippen LogP contribution in [0.25, 0.3) is 0 Å². The normalized spacial score (nSPS) is 16.5. The molecule has 6 unspecified atom stereocenters. The van der Waals surface area contributed by atoms with E-state index < -0.39 is 84.8 Å². The highest BCUT2D eigenvalue weighted by molar-refractivity contribution is 5.96. The summed E-state index contributed by atoms with van der Waals surface area (Å²) in [5.74, 6) is -8.16. The lowest BCUT2D eigenvalue weighted by atomic mass is 10.1. The molecular formula is C16H26N4O11. The van der Waals surface area contributed by atoms with Crippen LogP contribution < -0.4 is 21.7 Å². The number of nitrogens with two attached hydrogens (primary N) is 1. The van der Waals surface area contributed by atoms with Gasteiger partial charge in [-0.3, -0.25) is 24.0 Å². The molecule has 0 aromatic heterocycles. The maximum Gasteiger partial charge on any atom is 0.328 e. The van der Waals surface area contributed by atoms with Crippen LogP contribution in [-0.4, -0.2) is 97.5 Å². The van der Waals surface area contributed by atoms with E-state index in [1.807, 2.05) is 16.0 Å². The average molecular weight is 450 g/mol. The number of aliphatic carboxylic acids is 3. The molecule has 6 atom stereocenters. The first-order valence-corrected chi connectivity index (χ1v) is 8.86. The number of carbonyl (C=O) groups is 6. The molecule has 0 bridgehead atoms. The Morgan fingerprint density at radius 3 is 1.55 bits per heavy atom. The summed E-state index contributed by atoms with van der Waals surface area (Å²) in [5.41, 5.74) is 5.35. The number of carboxylic acid groups (broad SMARTS) is 3. The third kappa shape index (κ3) is 9.83. The van der Waals surface area contributed by atoms with Crippen LogP contribution in [0, 0.1) is 0 Å². The summed E-state index contributed by atoms with van der Waals surface area (Å²) in [7, 11) is 0. The second kappa shape index (κ2) is 12.4. The SMILES string of the molecule is CC(O)C(NC(=O)C(NC(=O)C(CC(=O)O)NC(=O)C(N)CC(=O)O)C(C)O)C(=O)O. The molecular weight excluding hydrogens is 424 g/mol. The molecule has 0 aliphatic rings. The Hall–Kier alpha value is -3.30. The van der Waals surface area contributed by atoms with E-state index in [4.69, 9.17) is 21.1 Å². The van der Waals surface area contributed by atoms with Gasteiger partial charge in [-0.15, -0.1) is 0 Å². The van der Waals surface area contributed by atoms with Gasteiger partial charge in [0.1, 0.15) is 12.1 Å². The zero-order valence-corrected chi connectivity index (χ0v) is 16.6. The standard InChI is InChI=1S/C16H26N4O11/c1-5(21)11(15(29)20-12(6(2)22)16(30)31)19-14(28)8(4-10(25)26)18-13(27)7(17)3-9(23)24/h5-8,11-12,21-22H,3-4,17H2,1-2H3,(H,18,27)(H,19,28)(H,20,29)(H,23,24)(H,25,26)(H,30,31). The van der Waals surface area contributed by atoms with Gasteiger partial charge in [-0.25, -0.2) is 4.79 Å². The summed E-state index contributed by atoms with van der Waals surface area (Å²) in [4.78, 5) is 69.4. The number of hydrogen-bond donors (Lipinski definition) is 9. The van der Waals surface area contributed by atoms with E-state index in [-0.39, 0.29) is 0 Å². The fourth-order valence-electron chi connectivity index (χ4n) is 2.23. The van der Waals surface area contributed by atoms with E-state index in [0.717, 1.165) is 13.8 Å². The number of carbonyl (C=O) groups excluding carboxylic acids is 3. The molecule has 0 rings (SSSR count). The van der Waals surface area contributed by atoms with Crippen molar-refractivity contribution >= 4 is 35.6 Å². The smallest absolute Gasteiger partial charge is 0.328 e. The highest BCUT2D eigenvalue weighted by atomic mass is 16.4. The first kappa shape index (κ1) is 27.7. The minimum Gasteiger partial charge on any atom is -0.481 e. The molecule has 0 radical (unpaired) electrons. The Balaban J connectivity index is 5.46. The molecule has 10 N–H and O–H groups in total. The number of rotatable bonds is 13. The predicted molar refractivity (Wildman–Crippen MR) is 99.3 cm³/mol. The molecule has 0 aromatic carbocycles. The van der Waals surface area contributed by atoms with Gasteiger partial charge in [0.25, 0.3) is 0 Å². The monoisotopic (exact) mass is 450 g/mol. The summed E-state index contributed by atoms with van der Waals surface area (Å²) in [6.45, 7) is 2.14. The molecule has 0 spiro atoms. The molecule has 0 saturated heterocycles. The van der Waals surface area contributed by atoms with Gasteiger partial charge in [0, 0.05) is 0 Å². The zero-order chi connectivity index (χ0) is 24.5. The van der Waals surface area contributed by atoms with Crippen LogP contribution in [0.2, 0.25) is 0 Å². The van der Waals surface area contributed by atoms with Crippen LogP contribution in [0.3, 0.4) is 0 Å². The Labute approximate surface area is 175 Å². The molecule has 31 heavy (non-hydrogen) atoms. The zero-order valence-electron chi connectivity index (χ0n) is 16.6. The van der Waals surface area contributed by atoms with Crippen LogP contribution in [0.1, 0.15) is 26.7 Å². The van der Waals surface area contributed by atoms with E-state index in [0.29, 0.717) is 0 Å². The number of aliphatic hydroxyl groups is 2. The average Bonchev–Trinajstić information content (AvgIpc) is 2.61. The van der Waals surface area contributed by atoms with Crippen molar-refractivity contribution in [1.29, 1.82) is 0 Å². The number of carboxylic acids is 3. The lowest BCUT2D eigenvalue weighted by molar-refractivity contribution is -0.146. The fourth-order valence-corrected chi connectivity index (χ4v) is 2.23. The topological polar surface area (TPSA) is 266 Å². The third-order valence-electron chi connectivity index (χ3n) is 3.85. The fraction of sp³-hybridized carbons (Fsp3) is 0.625. The second-order valence-corrected chi connectivity index (χ2v) is 6.66. The van der Waals surface area contributed by atoms with E-state index in [2.05, 4.69) is 0 Å². The van der Waals surface area contributed by atoms with Gasteiger partial charge in [-0.1, -0.05) is 0 Å². The molecule has 0 saturated carbocycles. The van der Waals surface area contributed by atoms with Crippen molar-refractivity contribution in [3.05, 3.63) is 0 Å². The Morgan fingerprint density at radius 1 is 0.710 bits per heavy atom. The quantitative estimate of drug-likeness (QED) is 0.129. The molecule has 15 heteroatoms. The van der Waals surface area contributed by atoms with Crippen molar-refractivity contribution in [3.8, 4) is 0 Å². The van der Waals surface area contributed by atoms with Gasteiger partial charge >= 0.3 is 17.9 Å². The van der Waals surface area contributed by atoms with Crippen molar-refractivity contribution < 1.29 is 54.3 Å². The molecule has 0 aliphatic heterocycles. The van der Waals surface area contributed by atoms with E-state index in [1.165, 1.54) is 0 Å². The van der Waals surface area contributed by atoms with Crippen molar-refractivity contribution in [2.45, 2.75) is 63.1 Å². The molecule has 0 fully saturated rings. The largest absolute Gasteiger partial charge is 0.481 e. The highest BCUT2D eigenvalue weighted by Gasteiger charge is 2.34. The minimum absolute atomic E-state index is 0.804. The van der Waals surface area contributed by atoms with Crippen molar-refractivity contribution in [1.82, 2.24) is 16.0 Å². The maximum absolute atomic E-state index is 12.4. The first-order chi connectivity index (χ1) is 14.2. The summed E-state index contributed by atoms with van der Waals surface area (Å²) < 4.78 is 0. The van der Waals surface area contributed by atoms with Gasteiger partial charge in [0.2, 0.25) is 17.7 Å². The van der Waals surface area contributed by atoms with E-state index in [9.17, 15) is 39.0 Å². The Kier molecular flexibility index (Phi) is 11.1. The molecule has 0 heterocycles. The Morgan fingerprint density at radius 2 is 1.16 bits per heavy atom. The molecule has 3 amide bonds. The lowest BCUT2D eigenvalue weighted by Crippen LogP contribution is -2.61. The number of nitrogens with one attached hydrogen (secondary N) is 3.